The van der Waals surface area contributed by atoms with Crippen molar-refractivity contribution >= 4 is 34.6 Å². The van der Waals surface area contributed by atoms with E-state index < -0.39 is 0 Å². The van der Waals surface area contributed by atoms with Crippen LogP contribution in [0.15, 0.2) is 35.2 Å². The van der Waals surface area contributed by atoms with Crippen molar-refractivity contribution in [1.82, 2.24) is 9.88 Å². The van der Waals surface area contributed by atoms with Gasteiger partial charge < -0.3 is 20.4 Å². The molecule has 0 bridgehead atoms. The van der Waals surface area contributed by atoms with Gasteiger partial charge in [0.25, 0.3) is 0 Å². The monoisotopic (exact) mass is 359 g/mol. The molecule has 1 aliphatic heterocycles. The molecule has 1 fully saturated rings. The molecule has 0 spiro atoms. The van der Waals surface area contributed by atoms with Crippen LogP contribution in [0.25, 0.3) is 0 Å². The number of carbonyl (C=O) groups excluding carboxylic acids is 1. The Morgan fingerprint density at radius 3 is 2.80 bits per heavy atom. The largest absolute Gasteiger partial charge is 0.381 e. The SMILES string of the molecule is CN(C)c1ccc(NC2CCCN(C(=O)Nc3ccsc3)CC2)cn1. The van der Waals surface area contributed by atoms with Gasteiger partial charge in [-0.1, -0.05) is 0 Å². The molecule has 1 saturated heterocycles. The zero-order chi connectivity index (χ0) is 17.6. The van der Waals surface area contributed by atoms with E-state index in [1.165, 1.54) is 0 Å². The third-order valence-electron chi connectivity index (χ3n) is 4.36. The number of amides is 2. The summed E-state index contributed by atoms with van der Waals surface area (Å²) in [5, 5.41) is 10.4. The number of nitrogens with zero attached hydrogens (tertiary/aromatic N) is 3. The fourth-order valence-corrected chi connectivity index (χ4v) is 3.54. The van der Waals surface area contributed by atoms with Gasteiger partial charge in [-0.05, 0) is 42.8 Å². The number of urea groups is 1. The van der Waals surface area contributed by atoms with Crippen LogP contribution in [0.2, 0.25) is 0 Å². The van der Waals surface area contributed by atoms with Gasteiger partial charge in [0.15, 0.2) is 0 Å². The molecule has 1 atom stereocenters. The minimum absolute atomic E-state index is 0.00366. The molecular weight excluding hydrogens is 334 g/mol. The number of nitrogens with one attached hydrogen (secondary N) is 2. The average Bonchev–Trinajstić information content (AvgIpc) is 2.99. The predicted octanol–water partition coefficient (Wildman–Crippen LogP) is 3.71. The van der Waals surface area contributed by atoms with Gasteiger partial charge >= 0.3 is 6.03 Å². The normalized spacial score (nSPS) is 17.7. The molecule has 6 nitrogen and oxygen atoms in total. The lowest BCUT2D eigenvalue weighted by Crippen LogP contribution is -2.36. The lowest BCUT2D eigenvalue weighted by Gasteiger charge is -2.21. The topological polar surface area (TPSA) is 60.5 Å². The van der Waals surface area contributed by atoms with E-state index in [9.17, 15) is 4.79 Å². The number of aromatic nitrogens is 1. The molecule has 0 saturated carbocycles. The Labute approximate surface area is 152 Å². The third-order valence-corrected chi connectivity index (χ3v) is 5.05. The maximum atomic E-state index is 12.4. The Morgan fingerprint density at radius 1 is 1.24 bits per heavy atom. The number of pyridine rings is 1. The number of hydrogen-bond acceptors (Lipinski definition) is 5. The maximum Gasteiger partial charge on any atom is 0.321 e. The van der Waals surface area contributed by atoms with Crippen LogP contribution in [0, 0.1) is 0 Å². The van der Waals surface area contributed by atoms with E-state index in [1.54, 1.807) is 11.3 Å². The van der Waals surface area contributed by atoms with E-state index in [-0.39, 0.29) is 6.03 Å². The third kappa shape index (κ3) is 4.85. The minimum Gasteiger partial charge on any atom is -0.381 e. The number of hydrogen-bond donors (Lipinski definition) is 2. The summed E-state index contributed by atoms with van der Waals surface area (Å²) in [4.78, 5) is 20.7. The van der Waals surface area contributed by atoms with E-state index in [4.69, 9.17) is 0 Å². The van der Waals surface area contributed by atoms with E-state index >= 15 is 0 Å². The molecule has 0 aromatic carbocycles. The smallest absolute Gasteiger partial charge is 0.321 e. The van der Waals surface area contributed by atoms with Gasteiger partial charge in [0, 0.05) is 38.6 Å². The molecule has 2 aromatic rings. The summed E-state index contributed by atoms with van der Waals surface area (Å²) in [6.45, 7) is 1.56. The summed E-state index contributed by atoms with van der Waals surface area (Å²) < 4.78 is 0. The molecule has 0 radical (unpaired) electrons. The Balaban J connectivity index is 1.51. The van der Waals surface area contributed by atoms with Crippen LogP contribution >= 0.6 is 11.3 Å². The number of anilines is 3. The molecule has 2 aromatic heterocycles. The van der Waals surface area contributed by atoms with Crippen LogP contribution in [-0.4, -0.2) is 49.1 Å². The van der Waals surface area contributed by atoms with Crippen molar-refractivity contribution in [3.05, 3.63) is 35.2 Å². The van der Waals surface area contributed by atoms with Crippen molar-refractivity contribution in [2.45, 2.75) is 25.3 Å². The van der Waals surface area contributed by atoms with Crippen LogP contribution < -0.4 is 15.5 Å². The van der Waals surface area contributed by atoms with Gasteiger partial charge in [-0.25, -0.2) is 9.78 Å². The zero-order valence-corrected chi connectivity index (χ0v) is 15.6. The lowest BCUT2D eigenvalue weighted by molar-refractivity contribution is 0.213. The molecular formula is C18H25N5OS. The summed E-state index contributed by atoms with van der Waals surface area (Å²) >= 11 is 1.58. The molecule has 1 unspecified atom stereocenters. The fourth-order valence-electron chi connectivity index (χ4n) is 2.95. The summed E-state index contributed by atoms with van der Waals surface area (Å²) in [5.74, 6) is 0.947. The highest BCUT2D eigenvalue weighted by Gasteiger charge is 2.20. The zero-order valence-electron chi connectivity index (χ0n) is 14.7. The van der Waals surface area contributed by atoms with E-state index in [1.807, 2.05) is 53.0 Å². The molecule has 3 heterocycles. The van der Waals surface area contributed by atoms with E-state index in [0.29, 0.717) is 6.04 Å². The van der Waals surface area contributed by atoms with E-state index in [2.05, 4.69) is 21.7 Å². The van der Waals surface area contributed by atoms with Crippen LogP contribution in [0.4, 0.5) is 22.0 Å². The molecule has 134 valence electrons. The molecule has 2 N–H and O–H groups in total. The second-order valence-electron chi connectivity index (χ2n) is 6.50. The molecule has 25 heavy (non-hydrogen) atoms. The Bertz CT molecular complexity index is 671. The lowest BCUT2D eigenvalue weighted by atomic mass is 10.1. The summed E-state index contributed by atoms with van der Waals surface area (Å²) in [6.07, 6.45) is 4.86. The van der Waals surface area contributed by atoms with Crippen molar-refractivity contribution in [2.75, 3.05) is 42.7 Å². The van der Waals surface area contributed by atoms with Crippen molar-refractivity contribution in [3.63, 3.8) is 0 Å². The van der Waals surface area contributed by atoms with Crippen molar-refractivity contribution < 1.29 is 4.79 Å². The first-order valence-corrected chi connectivity index (χ1v) is 9.54. The van der Waals surface area contributed by atoms with Crippen LogP contribution in [0.1, 0.15) is 19.3 Å². The second-order valence-corrected chi connectivity index (χ2v) is 7.28. The first-order valence-electron chi connectivity index (χ1n) is 8.60. The molecule has 3 rings (SSSR count). The molecule has 2 amide bonds. The highest BCUT2D eigenvalue weighted by molar-refractivity contribution is 7.08. The van der Waals surface area contributed by atoms with Crippen LogP contribution in [-0.2, 0) is 0 Å². The van der Waals surface area contributed by atoms with Gasteiger partial charge in [0.2, 0.25) is 0 Å². The molecule has 1 aliphatic rings. The summed E-state index contributed by atoms with van der Waals surface area (Å²) in [6, 6.07) is 6.37. The van der Waals surface area contributed by atoms with Gasteiger partial charge in [-0.2, -0.15) is 11.3 Å². The van der Waals surface area contributed by atoms with Gasteiger partial charge in [-0.3, -0.25) is 0 Å². The average molecular weight is 359 g/mol. The first kappa shape index (κ1) is 17.5. The highest BCUT2D eigenvalue weighted by atomic mass is 32.1. The van der Waals surface area contributed by atoms with Crippen molar-refractivity contribution in [3.8, 4) is 0 Å². The number of carbonyl (C=O) groups is 1. The second kappa shape index (κ2) is 8.20. The summed E-state index contributed by atoms with van der Waals surface area (Å²) in [5.41, 5.74) is 1.91. The fraction of sp³-hybridized carbons (Fsp3) is 0.444. The van der Waals surface area contributed by atoms with Crippen molar-refractivity contribution in [2.24, 2.45) is 0 Å². The number of likely N-dealkylation sites (tertiary alicyclic amines) is 1. The molecule has 7 heteroatoms. The van der Waals surface area contributed by atoms with Crippen LogP contribution in [0.5, 0.6) is 0 Å². The highest BCUT2D eigenvalue weighted by Crippen LogP contribution is 2.19. The van der Waals surface area contributed by atoms with Crippen molar-refractivity contribution in [1.29, 1.82) is 0 Å². The van der Waals surface area contributed by atoms with Crippen LogP contribution in [0.3, 0.4) is 0 Å². The summed E-state index contributed by atoms with van der Waals surface area (Å²) in [7, 11) is 3.97. The Kier molecular flexibility index (Phi) is 5.75. The van der Waals surface area contributed by atoms with E-state index in [0.717, 1.165) is 49.5 Å². The molecule has 0 aliphatic carbocycles. The number of thiophene rings is 1. The number of rotatable bonds is 4. The predicted molar refractivity (Wildman–Crippen MR) is 105 cm³/mol. The first-order chi connectivity index (χ1) is 12.1. The Morgan fingerprint density at radius 2 is 2.12 bits per heavy atom. The maximum absolute atomic E-state index is 12.4. The quantitative estimate of drug-likeness (QED) is 0.874. The minimum atomic E-state index is -0.00366. The van der Waals surface area contributed by atoms with Gasteiger partial charge in [0.1, 0.15) is 5.82 Å². The standard InChI is InChI=1S/C18H25N5OS/c1-22(2)17-6-5-15(12-19-17)20-14-4-3-9-23(10-7-14)18(24)21-16-8-11-25-13-16/h5-6,8,11-14,20H,3-4,7,9-10H2,1-2H3,(H,21,24). The van der Waals surface area contributed by atoms with Gasteiger partial charge in [0.05, 0.1) is 17.6 Å². The Hall–Kier alpha value is -2.28. The van der Waals surface area contributed by atoms with Gasteiger partial charge in [-0.15, -0.1) is 0 Å².